The van der Waals surface area contributed by atoms with E-state index in [4.69, 9.17) is 0 Å². The number of hydrogen-bond acceptors (Lipinski definition) is 3. The minimum atomic E-state index is -0.351. The van der Waals surface area contributed by atoms with Gasteiger partial charge in [-0.05, 0) is 42.9 Å². The molecule has 0 spiro atoms. The van der Waals surface area contributed by atoms with Crippen molar-refractivity contribution in [3.8, 4) is 0 Å². The maximum atomic E-state index is 13.3. The van der Waals surface area contributed by atoms with Crippen LogP contribution in [0, 0.1) is 0 Å². The van der Waals surface area contributed by atoms with Gasteiger partial charge in [-0.15, -0.1) is 0 Å². The number of hydrogen-bond donors (Lipinski definition) is 3. The standard InChI is InChI=1S/C29H36N4O3/c34-27(16-10-13-23-20-31-25-15-7-6-14-24(23)25)32-21-29(36)33-18-9-2-1-8-17-30-28(35)19-26(33)22-11-4-3-5-12-22/h3-7,11-12,14-15,20,26,31H,1-2,8-10,13,16-19,21H2,(H,30,35)(H,32,34). The van der Waals surface area contributed by atoms with E-state index in [1.165, 1.54) is 10.9 Å². The fourth-order valence-corrected chi connectivity index (χ4v) is 4.92. The molecule has 36 heavy (non-hydrogen) atoms. The van der Waals surface area contributed by atoms with Crippen molar-refractivity contribution in [3.05, 3.63) is 71.9 Å². The summed E-state index contributed by atoms with van der Waals surface area (Å²) in [5.41, 5.74) is 3.23. The molecule has 1 fully saturated rings. The third-order valence-corrected chi connectivity index (χ3v) is 6.87. The van der Waals surface area contributed by atoms with Gasteiger partial charge in [-0.3, -0.25) is 14.4 Å². The number of aryl methyl sites for hydroxylation is 1. The van der Waals surface area contributed by atoms with Crippen molar-refractivity contribution in [3.63, 3.8) is 0 Å². The largest absolute Gasteiger partial charge is 0.361 e. The number of aromatic amines is 1. The number of H-pyrrole nitrogens is 1. The maximum Gasteiger partial charge on any atom is 0.242 e. The molecule has 1 aromatic heterocycles. The Bertz CT molecular complexity index is 1160. The molecule has 7 heteroatoms. The molecule has 3 aromatic rings. The quantitative estimate of drug-likeness (QED) is 0.464. The molecule has 1 saturated heterocycles. The fourth-order valence-electron chi connectivity index (χ4n) is 4.92. The van der Waals surface area contributed by atoms with Crippen LogP contribution < -0.4 is 10.6 Å². The molecule has 0 bridgehead atoms. The number of benzene rings is 2. The molecule has 190 valence electrons. The van der Waals surface area contributed by atoms with Crippen LogP contribution in [0.15, 0.2) is 60.8 Å². The van der Waals surface area contributed by atoms with Crippen LogP contribution in [0.2, 0.25) is 0 Å². The highest BCUT2D eigenvalue weighted by atomic mass is 16.2. The zero-order chi connectivity index (χ0) is 25.2. The smallest absolute Gasteiger partial charge is 0.242 e. The maximum absolute atomic E-state index is 13.3. The SMILES string of the molecule is O=C(CCCc1c[nH]c2ccccc12)NCC(=O)N1CCCCCCNC(=O)CC1c1ccccc1. The van der Waals surface area contributed by atoms with Crippen LogP contribution >= 0.6 is 0 Å². The molecule has 1 aliphatic rings. The van der Waals surface area contributed by atoms with E-state index in [9.17, 15) is 14.4 Å². The Morgan fingerprint density at radius 3 is 2.61 bits per heavy atom. The highest BCUT2D eigenvalue weighted by molar-refractivity contribution is 5.86. The average Bonchev–Trinajstić information content (AvgIpc) is 3.29. The minimum Gasteiger partial charge on any atom is -0.361 e. The molecule has 0 aliphatic carbocycles. The Labute approximate surface area is 212 Å². The summed E-state index contributed by atoms with van der Waals surface area (Å²) in [7, 11) is 0. The number of amides is 3. The van der Waals surface area contributed by atoms with E-state index in [2.05, 4.69) is 21.7 Å². The van der Waals surface area contributed by atoms with Gasteiger partial charge in [-0.25, -0.2) is 0 Å². The molecule has 7 nitrogen and oxygen atoms in total. The summed E-state index contributed by atoms with van der Waals surface area (Å²) in [5, 5.41) is 6.99. The lowest BCUT2D eigenvalue weighted by molar-refractivity contribution is -0.136. The molecular formula is C29H36N4O3. The van der Waals surface area contributed by atoms with Crippen LogP contribution in [0.4, 0.5) is 0 Å². The summed E-state index contributed by atoms with van der Waals surface area (Å²) in [6.45, 7) is 1.18. The van der Waals surface area contributed by atoms with E-state index in [1.807, 2.05) is 54.7 Å². The van der Waals surface area contributed by atoms with Gasteiger partial charge in [0.2, 0.25) is 17.7 Å². The normalized spacial score (nSPS) is 17.3. The van der Waals surface area contributed by atoms with Crippen molar-refractivity contribution < 1.29 is 14.4 Å². The van der Waals surface area contributed by atoms with E-state index in [1.54, 1.807) is 4.90 Å². The third kappa shape index (κ3) is 6.97. The number of rotatable bonds is 7. The van der Waals surface area contributed by atoms with E-state index in [0.29, 0.717) is 25.9 Å². The van der Waals surface area contributed by atoms with Gasteiger partial charge in [0, 0.05) is 36.6 Å². The van der Waals surface area contributed by atoms with Crippen molar-refractivity contribution in [2.75, 3.05) is 19.6 Å². The zero-order valence-corrected chi connectivity index (χ0v) is 20.8. The second-order valence-corrected chi connectivity index (χ2v) is 9.47. The Hall–Kier alpha value is -3.61. The first-order valence-corrected chi connectivity index (χ1v) is 13.0. The van der Waals surface area contributed by atoms with Gasteiger partial charge in [0.25, 0.3) is 0 Å². The molecule has 2 heterocycles. The first-order valence-electron chi connectivity index (χ1n) is 13.0. The van der Waals surface area contributed by atoms with E-state index >= 15 is 0 Å². The zero-order valence-electron chi connectivity index (χ0n) is 20.8. The number of nitrogens with zero attached hydrogens (tertiary/aromatic N) is 1. The lowest BCUT2D eigenvalue weighted by atomic mass is 10.0. The topological polar surface area (TPSA) is 94.3 Å². The Kier molecular flexibility index (Phi) is 9.14. The van der Waals surface area contributed by atoms with Crippen molar-refractivity contribution in [2.45, 2.75) is 57.4 Å². The molecule has 0 radical (unpaired) electrons. The summed E-state index contributed by atoms with van der Waals surface area (Å²) in [5.74, 6) is -0.333. The molecule has 3 N–H and O–H groups in total. The number of fused-ring (bicyclic) bond motifs is 1. The molecule has 4 rings (SSSR count). The molecule has 1 unspecified atom stereocenters. The molecule has 3 amide bonds. The highest BCUT2D eigenvalue weighted by Gasteiger charge is 2.27. The number of aromatic nitrogens is 1. The summed E-state index contributed by atoms with van der Waals surface area (Å²) in [6.07, 6.45) is 7.92. The minimum absolute atomic E-state index is 0.0510. The second-order valence-electron chi connectivity index (χ2n) is 9.47. The average molecular weight is 489 g/mol. The van der Waals surface area contributed by atoms with Crippen LogP contribution in [0.1, 0.15) is 62.1 Å². The summed E-state index contributed by atoms with van der Waals surface area (Å²) >= 11 is 0. The van der Waals surface area contributed by atoms with Gasteiger partial charge in [-0.2, -0.15) is 0 Å². The Morgan fingerprint density at radius 1 is 0.972 bits per heavy atom. The predicted octanol–water partition coefficient (Wildman–Crippen LogP) is 4.26. The summed E-state index contributed by atoms with van der Waals surface area (Å²) < 4.78 is 0. The van der Waals surface area contributed by atoms with E-state index in [-0.39, 0.29) is 36.7 Å². The van der Waals surface area contributed by atoms with Gasteiger partial charge >= 0.3 is 0 Å². The summed E-state index contributed by atoms with van der Waals surface area (Å²) in [6, 6.07) is 17.5. The van der Waals surface area contributed by atoms with Gasteiger partial charge in [0.15, 0.2) is 0 Å². The van der Waals surface area contributed by atoms with Gasteiger partial charge < -0.3 is 20.5 Å². The van der Waals surface area contributed by atoms with E-state index in [0.717, 1.165) is 43.2 Å². The second kappa shape index (κ2) is 12.9. The fraction of sp³-hybridized carbons (Fsp3) is 0.414. The van der Waals surface area contributed by atoms with Crippen molar-refractivity contribution >= 4 is 28.6 Å². The number of carbonyl (C=O) groups excluding carboxylic acids is 3. The monoisotopic (exact) mass is 488 g/mol. The van der Waals surface area contributed by atoms with Crippen molar-refractivity contribution in [1.29, 1.82) is 0 Å². The van der Waals surface area contributed by atoms with E-state index < -0.39 is 0 Å². The van der Waals surface area contributed by atoms with Crippen LogP contribution in [0.5, 0.6) is 0 Å². The highest BCUT2D eigenvalue weighted by Crippen LogP contribution is 2.26. The number of carbonyl (C=O) groups is 3. The predicted molar refractivity (Wildman–Crippen MR) is 141 cm³/mol. The van der Waals surface area contributed by atoms with Crippen LogP contribution in [-0.2, 0) is 20.8 Å². The van der Waals surface area contributed by atoms with Crippen LogP contribution in [-0.4, -0.2) is 47.2 Å². The van der Waals surface area contributed by atoms with Gasteiger partial charge in [0.1, 0.15) is 0 Å². The summed E-state index contributed by atoms with van der Waals surface area (Å²) in [4.78, 5) is 43.5. The van der Waals surface area contributed by atoms with Crippen LogP contribution in [0.3, 0.4) is 0 Å². The lowest BCUT2D eigenvalue weighted by Crippen LogP contribution is -2.44. The van der Waals surface area contributed by atoms with Crippen LogP contribution in [0.25, 0.3) is 10.9 Å². The Morgan fingerprint density at radius 2 is 1.75 bits per heavy atom. The molecular weight excluding hydrogens is 452 g/mol. The first kappa shape index (κ1) is 25.5. The van der Waals surface area contributed by atoms with Gasteiger partial charge in [0.05, 0.1) is 19.0 Å². The lowest BCUT2D eigenvalue weighted by Gasteiger charge is -2.32. The number of para-hydroxylation sites is 1. The molecule has 0 saturated carbocycles. The molecule has 1 atom stereocenters. The first-order chi connectivity index (χ1) is 17.6. The third-order valence-electron chi connectivity index (χ3n) is 6.87. The molecule has 1 aliphatic heterocycles. The van der Waals surface area contributed by atoms with Crippen molar-refractivity contribution in [2.24, 2.45) is 0 Å². The number of nitrogens with one attached hydrogen (secondary N) is 3. The van der Waals surface area contributed by atoms with Crippen molar-refractivity contribution in [1.82, 2.24) is 20.5 Å². The Balaban J connectivity index is 1.35. The van der Waals surface area contributed by atoms with Gasteiger partial charge in [-0.1, -0.05) is 61.4 Å². The molecule has 2 aromatic carbocycles.